The van der Waals surface area contributed by atoms with Gasteiger partial charge in [-0.1, -0.05) is 54.6 Å². The molecule has 0 aliphatic rings. The number of methoxy groups -OCH3 is 1. The van der Waals surface area contributed by atoms with Gasteiger partial charge in [0.15, 0.2) is 0 Å². The van der Waals surface area contributed by atoms with Crippen molar-refractivity contribution in [3.63, 3.8) is 0 Å². The smallest absolute Gasteiger partial charge is 0.352 e. The number of carbonyl (C=O) groups is 3. The van der Waals surface area contributed by atoms with Gasteiger partial charge in [0.2, 0.25) is 11.8 Å². The average Bonchev–Trinajstić information content (AvgIpc) is 2.82. The molecule has 33 heavy (non-hydrogen) atoms. The molecule has 7 heteroatoms. The molecule has 0 unspecified atom stereocenters. The fraction of sp³-hybridized carbons (Fsp3) is 0.192. The number of carbonyl (C=O) groups excluding carboxylic acids is 2. The highest BCUT2D eigenvalue weighted by Crippen LogP contribution is 2.25. The van der Waals surface area contributed by atoms with E-state index in [0.717, 1.165) is 22.1 Å². The summed E-state index contributed by atoms with van der Waals surface area (Å²) in [6.45, 7) is 3.26. The molecular weight excluding hydrogens is 420 g/mol. The molecule has 2 amide bonds. The van der Waals surface area contributed by atoms with Crippen LogP contribution in [0.5, 0.6) is 5.75 Å². The van der Waals surface area contributed by atoms with Crippen molar-refractivity contribution in [2.45, 2.75) is 25.8 Å². The molecule has 170 valence electrons. The van der Waals surface area contributed by atoms with Gasteiger partial charge in [-0.15, -0.1) is 0 Å². The molecule has 0 heterocycles. The zero-order chi connectivity index (χ0) is 24.0. The van der Waals surface area contributed by atoms with Gasteiger partial charge < -0.3 is 20.5 Å². The minimum Gasteiger partial charge on any atom is -0.497 e. The molecule has 0 bridgehead atoms. The predicted octanol–water partition coefficient (Wildman–Crippen LogP) is 3.70. The van der Waals surface area contributed by atoms with Gasteiger partial charge in [0.05, 0.1) is 13.0 Å². The molecule has 3 aromatic rings. The lowest BCUT2D eigenvalue weighted by Crippen LogP contribution is -2.46. The second-order valence-corrected chi connectivity index (χ2v) is 7.69. The molecule has 0 aliphatic carbocycles. The molecule has 0 saturated carbocycles. The predicted molar refractivity (Wildman–Crippen MR) is 127 cm³/mol. The topological polar surface area (TPSA) is 105 Å². The van der Waals surface area contributed by atoms with Crippen molar-refractivity contribution in [2.75, 3.05) is 7.11 Å². The van der Waals surface area contributed by atoms with Crippen LogP contribution >= 0.6 is 0 Å². The maximum atomic E-state index is 12.8. The maximum absolute atomic E-state index is 12.8. The van der Waals surface area contributed by atoms with E-state index in [4.69, 9.17) is 4.74 Å². The Morgan fingerprint density at radius 2 is 1.58 bits per heavy atom. The lowest BCUT2D eigenvalue weighted by Gasteiger charge is -2.18. The van der Waals surface area contributed by atoms with E-state index in [9.17, 15) is 19.5 Å². The van der Waals surface area contributed by atoms with E-state index in [-0.39, 0.29) is 11.6 Å². The number of nitrogens with one attached hydrogen (secondary N) is 2. The Hall–Kier alpha value is -4.13. The standard InChI is InChI=1S/C26H26N2O5/c1-16(19-9-10-21-15-22(33-3)12-11-20(21)14-19)24(29)27-17(2)25(30)28-23(26(31)32)13-18-7-5-4-6-8-18/h4-17H,1-3H3,(H,27,29)(H,28,30)(H,31,32)/b23-13-/t16-,17-/m0/s1. The van der Waals surface area contributed by atoms with Crippen LogP contribution in [0.3, 0.4) is 0 Å². The summed E-state index contributed by atoms with van der Waals surface area (Å²) < 4.78 is 5.24. The minimum atomic E-state index is -1.27. The third-order valence-corrected chi connectivity index (χ3v) is 5.32. The number of aliphatic carboxylic acids is 1. The summed E-state index contributed by atoms with van der Waals surface area (Å²) in [6.07, 6.45) is 1.36. The van der Waals surface area contributed by atoms with Crippen LogP contribution in [0.1, 0.15) is 30.9 Å². The molecular formula is C26H26N2O5. The zero-order valence-corrected chi connectivity index (χ0v) is 18.7. The third kappa shape index (κ3) is 5.98. The number of carboxylic acids is 1. The largest absolute Gasteiger partial charge is 0.497 e. The second kappa shape index (κ2) is 10.5. The molecule has 0 aromatic heterocycles. The van der Waals surface area contributed by atoms with E-state index in [0.29, 0.717) is 5.56 Å². The van der Waals surface area contributed by atoms with Crippen molar-refractivity contribution in [1.82, 2.24) is 10.6 Å². The van der Waals surface area contributed by atoms with Gasteiger partial charge in [-0.25, -0.2) is 4.79 Å². The van der Waals surface area contributed by atoms with Crippen LogP contribution < -0.4 is 15.4 Å². The fourth-order valence-corrected chi connectivity index (χ4v) is 3.30. The van der Waals surface area contributed by atoms with Crippen molar-refractivity contribution >= 4 is 34.6 Å². The Labute approximate surface area is 192 Å². The number of ether oxygens (including phenoxy) is 1. The number of hydrogen-bond acceptors (Lipinski definition) is 4. The van der Waals surface area contributed by atoms with Crippen LogP contribution in [0.15, 0.2) is 72.4 Å². The molecule has 0 saturated heterocycles. The molecule has 3 aromatic carbocycles. The molecule has 0 aliphatic heterocycles. The highest BCUT2D eigenvalue weighted by Gasteiger charge is 2.23. The molecule has 0 fully saturated rings. The van der Waals surface area contributed by atoms with Crippen molar-refractivity contribution in [2.24, 2.45) is 0 Å². The summed E-state index contributed by atoms with van der Waals surface area (Å²) in [5, 5.41) is 16.4. The Balaban J connectivity index is 1.67. The highest BCUT2D eigenvalue weighted by molar-refractivity contribution is 5.99. The Morgan fingerprint density at radius 1 is 0.909 bits per heavy atom. The summed E-state index contributed by atoms with van der Waals surface area (Å²) in [7, 11) is 1.61. The van der Waals surface area contributed by atoms with Crippen LogP contribution in [0.2, 0.25) is 0 Å². The van der Waals surface area contributed by atoms with E-state index in [1.165, 1.54) is 13.0 Å². The molecule has 0 spiro atoms. The van der Waals surface area contributed by atoms with Crippen LogP contribution in [-0.2, 0) is 14.4 Å². The Bertz CT molecular complexity index is 1200. The van der Waals surface area contributed by atoms with Crippen LogP contribution in [-0.4, -0.2) is 36.0 Å². The van der Waals surface area contributed by atoms with Crippen molar-refractivity contribution in [3.05, 3.63) is 83.6 Å². The van der Waals surface area contributed by atoms with Crippen LogP contribution in [0.25, 0.3) is 16.8 Å². The first kappa shape index (κ1) is 23.5. The SMILES string of the molecule is COc1ccc2cc([C@H](C)C(=O)N[C@@H](C)C(=O)N/C(=C\c3ccccc3)C(=O)O)ccc2c1. The van der Waals surface area contributed by atoms with E-state index in [2.05, 4.69) is 10.6 Å². The van der Waals surface area contributed by atoms with Gasteiger partial charge in [-0.2, -0.15) is 0 Å². The summed E-state index contributed by atoms with van der Waals surface area (Å²) in [5.74, 6) is -1.99. The van der Waals surface area contributed by atoms with Crippen LogP contribution in [0, 0.1) is 0 Å². The fourth-order valence-electron chi connectivity index (χ4n) is 3.30. The van der Waals surface area contributed by atoms with E-state index >= 15 is 0 Å². The van der Waals surface area contributed by atoms with Gasteiger partial charge in [0.1, 0.15) is 17.5 Å². The number of amides is 2. The lowest BCUT2D eigenvalue weighted by molar-refractivity contribution is -0.135. The number of carboxylic acid groups (broad SMARTS) is 1. The van der Waals surface area contributed by atoms with Crippen LogP contribution in [0.4, 0.5) is 0 Å². The van der Waals surface area contributed by atoms with E-state index in [1.807, 2.05) is 42.5 Å². The van der Waals surface area contributed by atoms with Gasteiger partial charge in [0.25, 0.3) is 0 Å². The highest BCUT2D eigenvalue weighted by atomic mass is 16.5. The number of hydrogen-bond donors (Lipinski definition) is 3. The first-order valence-electron chi connectivity index (χ1n) is 10.5. The zero-order valence-electron chi connectivity index (χ0n) is 18.7. The number of rotatable bonds is 8. The molecule has 3 rings (SSSR count). The first-order chi connectivity index (χ1) is 15.8. The average molecular weight is 447 g/mol. The number of benzene rings is 3. The first-order valence-corrected chi connectivity index (χ1v) is 10.5. The summed E-state index contributed by atoms with van der Waals surface area (Å²) in [5.41, 5.74) is 1.16. The molecule has 2 atom stereocenters. The quantitative estimate of drug-likeness (QED) is 0.458. The number of fused-ring (bicyclic) bond motifs is 1. The van der Waals surface area contributed by atoms with Gasteiger partial charge >= 0.3 is 5.97 Å². The minimum absolute atomic E-state index is 0.273. The summed E-state index contributed by atoms with van der Waals surface area (Å²) >= 11 is 0. The van der Waals surface area contributed by atoms with Gasteiger partial charge in [0, 0.05) is 0 Å². The maximum Gasteiger partial charge on any atom is 0.352 e. The molecule has 3 N–H and O–H groups in total. The van der Waals surface area contributed by atoms with Gasteiger partial charge in [-0.05, 0) is 54.0 Å². The van der Waals surface area contributed by atoms with E-state index in [1.54, 1.807) is 38.3 Å². The lowest BCUT2D eigenvalue weighted by atomic mass is 9.96. The third-order valence-electron chi connectivity index (χ3n) is 5.32. The Morgan fingerprint density at radius 3 is 2.24 bits per heavy atom. The second-order valence-electron chi connectivity index (χ2n) is 7.69. The molecule has 7 nitrogen and oxygen atoms in total. The summed E-state index contributed by atoms with van der Waals surface area (Å²) in [4.78, 5) is 36.8. The van der Waals surface area contributed by atoms with E-state index < -0.39 is 23.8 Å². The monoisotopic (exact) mass is 446 g/mol. The summed E-state index contributed by atoms with van der Waals surface area (Å²) in [6, 6.07) is 19.3. The van der Waals surface area contributed by atoms with Crippen molar-refractivity contribution < 1.29 is 24.2 Å². The Kier molecular flexibility index (Phi) is 7.46. The molecule has 0 radical (unpaired) electrons. The normalized spacial score (nSPS) is 13.1. The van der Waals surface area contributed by atoms with Crippen molar-refractivity contribution in [1.29, 1.82) is 0 Å². The van der Waals surface area contributed by atoms with Gasteiger partial charge in [-0.3, -0.25) is 9.59 Å². The van der Waals surface area contributed by atoms with Crippen molar-refractivity contribution in [3.8, 4) is 5.75 Å².